The molecule has 0 saturated carbocycles. The van der Waals surface area contributed by atoms with Crippen LogP contribution in [-0.2, 0) is 27.3 Å². The van der Waals surface area contributed by atoms with Crippen LogP contribution in [0.1, 0.15) is 36.7 Å². The molecule has 5 rings (SSSR count). The Balaban J connectivity index is 1.46. The van der Waals surface area contributed by atoms with E-state index in [2.05, 4.69) is 29.6 Å². The van der Waals surface area contributed by atoms with Gasteiger partial charge in [0.1, 0.15) is 5.82 Å². The first-order valence-corrected chi connectivity index (χ1v) is 13.7. The molecule has 4 aromatic carbocycles. The average Bonchev–Trinajstić information content (AvgIpc) is 3.00. The molecule has 0 bridgehead atoms. The summed E-state index contributed by atoms with van der Waals surface area (Å²) in [6.45, 7) is 2.35. The number of carbonyl (C=O) groups is 2. The molecule has 0 spiro atoms. The molecule has 1 heterocycles. The van der Waals surface area contributed by atoms with Crippen LogP contribution in [0.15, 0.2) is 108 Å². The molecule has 7 nitrogen and oxygen atoms in total. The lowest BCUT2D eigenvalue weighted by atomic mass is 10.0. The van der Waals surface area contributed by atoms with Crippen molar-refractivity contribution in [3.8, 4) is 11.1 Å². The highest BCUT2D eigenvalue weighted by Crippen LogP contribution is 2.21. The zero-order valence-corrected chi connectivity index (χ0v) is 22.9. The number of rotatable bonds is 10. The Morgan fingerprint density at radius 1 is 0.805 bits per heavy atom. The van der Waals surface area contributed by atoms with Crippen molar-refractivity contribution in [1.29, 1.82) is 0 Å². The van der Waals surface area contributed by atoms with Crippen molar-refractivity contribution in [2.45, 2.75) is 32.7 Å². The number of fused-ring (bicyclic) bond motifs is 1. The molecule has 0 atom stereocenters. The fraction of sp³-hybridized carbons (Fsp3) is 0.176. The Morgan fingerprint density at radius 3 is 2.20 bits per heavy atom. The Hall–Kier alpha value is -5.04. The van der Waals surface area contributed by atoms with E-state index < -0.39 is 5.97 Å². The van der Waals surface area contributed by atoms with Gasteiger partial charge < -0.3 is 10.1 Å². The lowest BCUT2D eigenvalue weighted by molar-refractivity contribution is -0.144. The molecule has 1 amide bonds. The number of benzene rings is 4. The molecule has 0 aliphatic rings. The number of aromatic nitrogens is 2. The molecule has 0 fully saturated rings. The number of hydrogen-bond donors (Lipinski definition) is 1. The standard InChI is InChI=1S/C34H31N3O4/c1-2-41-33(39)20-19-32(38)35-28-17-18-30-29(22-28)34(40)37(31(36-30)21-24-9-5-3-6-10-24)23-25-13-15-27(16-14-25)26-11-7-4-8-12-26/h3-18,22H,2,19-21,23H2,1H3,(H,35,38). The number of carbonyl (C=O) groups excluding carboxylic acids is 2. The Kier molecular flexibility index (Phi) is 8.64. The molecular weight excluding hydrogens is 514 g/mol. The minimum absolute atomic E-state index is 0.00561. The van der Waals surface area contributed by atoms with Crippen LogP contribution in [0.2, 0.25) is 0 Å². The second-order valence-electron chi connectivity index (χ2n) is 9.73. The van der Waals surface area contributed by atoms with Crippen molar-refractivity contribution < 1.29 is 14.3 Å². The molecule has 0 radical (unpaired) electrons. The molecule has 1 aromatic heterocycles. The lowest BCUT2D eigenvalue weighted by Gasteiger charge is -2.15. The third kappa shape index (κ3) is 6.94. The number of nitrogens with zero attached hydrogens (tertiary/aromatic N) is 2. The summed E-state index contributed by atoms with van der Waals surface area (Å²) in [5.41, 5.74) is 5.11. The first-order chi connectivity index (χ1) is 20.0. The second-order valence-corrected chi connectivity index (χ2v) is 9.73. The number of ether oxygens (including phenoxy) is 1. The first-order valence-electron chi connectivity index (χ1n) is 13.7. The predicted octanol–water partition coefficient (Wildman–Crippen LogP) is 5.98. The van der Waals surface area contributed by atoms with Crippen molar-refractivity contribution in [3.63, 3.8) is 0 Å². The fourth-order valence-electron chi connectivity index (χ4n) is 4.71. The molecule has 206 valence electrons. The monoisotopic (exact) mass is 545 g/mol. The summed E-state index contributed by atoms with van der Waals surface area (Å²) in [6.07, 6.45) is 0.488. The lowest BCUT2D eigenvalue weighted by Crippen LogP contribution is -2.26. The van der Waals surface area contributed by atoms with Gasteiger partial charge in [-0.2, -0.15) is 0 Å². The van der Waals surface area contributed by atoms with Crippen LogP contribution in [0.5, 0.6) is 0 Å². The van der Waals surface area contributed by atoms with Crippen LogP contribution in [-0.4, -0.2) is 28.0 Å². The molecule has 7 heteroatoms. The van der Waals surface area contributed by atoms with Crippen molar-refractivity contribution >= 4 is 28.5 Å². The van der Waals surface area contributed by atoms with E-state index in [0.717, 1.165) is 22.3 Å². The van der Waals surface area contributed by atoms with E-state index in [1.807, 2.05) is 60.7 Å². The average molecular weight is 546 g/mol. The molecular formula is C34H31N3O4. The molecule has 5 aromatic rings. The van der Waals surface area contributed by atoms with E-state index >= 15 is 0 Å². The van der Waals surface area contributed by atoms with E-state index in [0.29, 0.717) is 35.4 Å². The Bertz CT molecular complexity index is 1710. The topological polar surface area (TPSA) is 90.3 Å². The molecule has 41 heavy (non-hydrogen) atoms. The molecule has 1 N–H and O–H groups in total. The largest absolute Gasteiger partial charge is 0.466 e. The summed E-state index contributed by atoms with van der Waals surface area (Å²) in [7, 11) is 0. The van der Waals surface area contributed by atoms with Crippen LogP contribution in [0.4, 0.5) is 5.69 Å². The summed E-state index contributed by atoms with van der Waals surface area (Å²) in [4.78, 5) is 42.8. The number of amides is 1. The highest BCUT2D eigenvalue weighted by atomic mass is 16.5. The van der Waals surface area contributed by atoms with Crippen LogP contribution in [0.25, 0.3) is 22.0 Å². The van der Waals surface area contributed by atoms with Gasteiger partial charge >= 0.3 is 5.97 Å². The fourth-order valence-corrected chi connectivity index (χ4v) is 4.71. The van der Waals surface area contributed by atoms with E-state index in [-0.39, 0.29) is 30.9 Å². The number of esters is 1. The number of hydrogen-bond acceptors (Lipinski definition) is 5. The molecule has 0 aliphatic carbocycles. The summed E-state index contributed by atoms with van der Waals surface area (Å²) in [5.74, 6) is -0.0899. The zero-order valence-electron chi connectivity index (χ0n) is 22.9. The maximum Gasteiger partial charge on any atom is 0.306 e. The minimum Gasteiger partial charge on any atom is -0.466 e. The first kappa shape index (κ1) is 27.5. The second kappa shape index (κ2) is 12.9. The van der Waals surface area contributed by atoms with Crippen LogP contribution in [0.3, 0.4) is 0 Å². The maximum atomic E-state index is 13.9. The van der Waals surface area contributed by atoms with Crippen molar-refractivity contribution in [2.75, 3.05) is 11.9 Å². The van der Waals surface area contributed by atoms with Gasteiger partial charge in [0.05, 0.1) is 30.5 Å². The summed E-state index contributed by atoms with van der Waals surface area (Å²) in [5, 5.41) is 3.19. The van der Waals surface area contributed by atoms with Gasteiger partial charge in [-0.1, -0.05) is 84.9 Å². The highest BCUT2D eigenvalue weighted by Gasteiger charge is 2.15. The Labute approximate surface area is 238 Å². The van der Waals surface area contributed by atoms with Crippen molar-refractivity contribution in [2.24, 2.45) is 0 Å². The SMILES string of the molecule is CCOC(=O)CCC(=O)Nc1ccc2nc(Cc3ccccc3)n(Cc3ccc(-c4ccccc4)cc3)c(=O)c2c1. The van der Waals surface area contributed by atoms with E-state index in [4.69, 9.17) is 9.72 Å². The van der Waals surface area contributed by atoms with Crippen molar-refractivity contribution in [1.82, 2.24) is 9.55 Å². The van der Waals surface area contributed by atoms with E-state index in [9.17, 15) is 14.4 Å². The highest BCUT2D eigenvalue weighted by molar-refractivity contribution is 5.94. The van der Waals surface area contributed by atoms with Crippen LogP contribution in [0, 0.1) is 0 Å². The maximum absolute atomic E-state index is 13.9. The number of anilines is 1. The minimum atomic E-state index is -0.420. The van der Waals surface area contributed by atoms with Gasteiger partial charge in [-0.05, 0) is 47.4 Å². The van der Waals surface area contributed by atoms with Gasteiger partial charge in [-0.15, -0.1) is 0 Å². The summed E-state index contributed by atoms with van der Waals surface area (Å²) >= 11 is 0. The number of nitrogens with one attached hydrogen (secondary N) is 1. The predicted molar refractivity (Wildman–Crippen MR) is 161 cm³/mol. The quantitative estimate of drug-likeness (QED) is 0.218. The normalized spacial score (nSPS) is 10.9. The van der Waals surface area contributed by atoms with Gasteiger partial charge in [0, 0.05) is 18.5 Å². The third-order valence-corrected chi connectivity index (χ3v) is 6.79. The van der Waals surface area contributed by atoms with Gasteiger partial charge in [-0.25, -0.2) is 4.98 Å². The zero-order chi connectivity index (χ0) is 28.6. The summed E-state index contributed by atoms with van der Waals surface area (Å²) in [6, 6.07) is 33.4. The summed E-state index contributed by atoms with van der Waals surface area (Å²) < 4.78 is 6.60. The van der Waals surface area contributed by atoms with Gasteiger partial charge in [0.2, 0.25) is 5.91 Å². The third-order valence-electron chi connectivity index (χ3n) is 6.79. The van der Waals surface area contributed by atoms with Crippen LogP contribution < -0.4 is 10.9 Å². The molecule has 0 aliphatic heterocycles. The van der Waals surface area contributed by atoms with Gasteiger partial charge in [0.25, 0.3) is 5.56 Å². The van der Waals surface area contributed by atoms with E-state index in [1.165, 1.54) is 0 Å². The van der Waals surface area contributed by atoms with E-state index in [1.54, 1.807) is 29.7 Å². The smallest absolute Gasteiger partial charge is 0.306 e. The molecule has 0 unspecified atom stereocenters. The Morgan fingerprint density at radius 2 is 1.49 bits per heavy atom. The van der Waals surface area contributed by atoms with Gasteiger partial charge in [-0.3, -0.25) is 19.0 Å². The van der Waals surface area contributed by atoms with Crippen molar-refractivity contribution in [3.05, 3.63) is 130 Å². The van der Waals surface area contributed by atoms with Gasteiger partial charge in [0.15, 0.2) is 0 Å². The molecule has 0 saturated heterocycles. The van der Waals surface area contributed by atoms with Crippen LogP contribution >= 0.6 is 0 Å².